The second-order valence-corrected chi connectivity index (χ2v) is 4.23. The zero-order valence-electron chi connectivity index (χ0n) is 10.2. The van der Waals surface area contributed by atoms with E-state index in [0.717, 1.165) is 28.0 Å². The van der Waals surface area contributed by atoms with Gasteiger partial charge in [-0.25, -0.2) is 4.98 Å². The molecular weight excluding hydrogens is 222 g/mol. The summed E-state index contributed by atoms with van der Waals surface area (Å²) in [6.07, 6.45) is 7.50. The van der Waals surface area contributed by atoms with Gasteiger partial charge in [0.1, 0.15) is 5.65 Å². The third-order valence-electron chi connectivity index (χ3n) is 2.96. The van der Waals surface area contributed by atoms with E-state index in [2.05, 4.69) is 28.7 Å². The van der Waals surface area contributed by atoms with Crippen LogP contribution in [0.15, 0.2) is 49.4 Å². The van der Waals surface area contributed by atoms with Gasteiger partial charge < -0.3 is 0 Å². The first kappa shape index (κ1) is 10.7. The molecule has 18 heavy (non-hydrogen) atoms. The van der Waals surface area contributed by atoms with Crippen molar-refractivity contribution in [3.63, 3.8) is 0 Å². The Morgan fingerprint density at radius 3 is 2.78 bits per heavy atom. The molecule has 0 saturated carbocycles. The van der Waals surface area contributed by atoms with E-state index in [1.165, 1.54) is 0 Å². The lowest BCUT2D eigenvalue weighted by Crippen LogP contribution is -1.95. The molecule has 0 bridgehead atoms. The lowest BCUT2D eigenvalue weighted by Gasteiger charge is -2.04. The van der Waals surface area contributed by atoms with Crippen LogP contribution < -0.4 is 0 Å². The summed E-state index contributed by atoms with van der Waals surface area (Å²) in [5, 5.41) is 1.10. The molecular formula is C15H13N3. The van der Waals surface area contributed by atoms with Gasteiger partial charge in [0.05, 0.1) is 11.9 Å². The largest absolute Gasteiger partial charge is 0.300 e. The average molecular weight is 235 g/mol. The van der Waals surface area contributed by atoms with Crippen LogP contribution in [0.2, 0.25) is 0 Å². The minimum atomic E-state index is 0.936. The second-order valence-electron chi connectivity index (χ2n) is 4.23. The number of rotatable bonds is 2. The molecule has 0 atom stereocenters. The van der Waals surface area contributed by atoms with Gasteiger partial charge in [-0.15, -0.1) is 0 Å². The summed E-state index contributed by atoms with van der Waals surface area (Å²) in [6, 6.07) is 8.17. The zero-order chi connectivity index (χ0) is 12.5. The van der Waals surface area contributed by atoms with E-state index in [4.69, 9.17) is 0 Å². The van der Waals surface area contributed by atoms with E-state index < -0.39 is 0 Å². The van der Waals surface area contributed by atoms with Crippen LogP contribution in [-0.2, 0) is 0 Å². The highest BCUT2D eigenvalue weighted by atomic mass is 15.0. The lowest BCUT2D eigenvalue weighted by atomic mass is 10.2. The Balaban J connectivity index is 2.18. The summed E-state index contributed by atoms with van der Waals surface area (Å²) in [6.45, 7) is 5.73. The quantitative estimate of drug-likeness (QED) is 0.681. The topological polar surface area (TPSA) is 30.7 Å². The Kier molecular flexibility index (Phi) is 2.45. The van der Waals surface area contributed by atoms with Gasteiger partial charge in [0.2, 0.25) is 0 Å². The first-order valence-corrected chi connectivity index (χ1v) is 5.80. The molecule has 0 saturated heterocycles. The highest BCUT2D eigenvalue weighted by Gasteiger charge is 2.04. The van der Waals surface area contributed by atoms with E-state index in [1.54, 1.807) is 6.08 Å². The Hall–Kier alpha value is -2.42. The van der Waals surface area contributed by atoms with Crippen molar-refractivity contribution in [2.24, 2.45) is 0 Å². The summed E-state index contributed by atoms with van der Waals surface area (Å²) in [5.74, 6) is 0. The monoisotopic (exact) mass is 235 g/mol. The molecule has 0 aliphatic carbocycles. The molecule has 0 aliphatic rings. The predicted molar refractivity (Wildman–Crippen MR) is 73.7 cm³/mol. The molecule has 3 aromatic heterocycles. The molecule has 0 amide bonds. The van der Waals surface area contributed by atoms with Crippen LogP contribution in [-0.4, -0.2) is 14.5 Å². The van der Waals surface area contributed by atoms with Crippen LogP contribution in [0.1, 0.15) is 11.3 Å². The minimum Gasteiger partial charge on any atom is -0.300 e. The van der Waals surface area contributed by atoms with Gasteiger partial charge in [-0.2, -0.15) is 0 Å². The maximum absolute atomic E-state index is 4.47. The van der Waals surface area contributed by atoms with Crippen molar-refractivity contribution in [2.45, 2.75) is 6.92 Å². The van der Waals surface area contributed by atoms with Crippen molar-refractivity contribution in [1.82, 2.24) is 14.5 Å². The Bertz CT molecular complexity index is 708. The van der Waals surface area contributed by atoms with Gasteiger partial charge in [-0.1, -0.05) is 12.7 Å². The Labute approximate surface area is 105 Å². The van der Waals surface area contributed by atoms with Gasteiger partial charge in [-0.05, 0) is 36.8 Å². The van der Waals surface area contributed by atoms with Crippen molar-refractivity contribution in [3.05, 3.63) is 60.7 Å². The number of nitrogens with zero attached hydrogens (tertiary/aromatic N) is 3. The maximum atomic E-state index is 4.47. The third kappa shape index (κ3) is 1.70. The van der Waals surface area contributed by atoms with E-state index in [1.807, 2.05) is 42.2 Å². The molecule has 3 heterocycles. The zero-order valence-corrected chi connectivity index (χ0v) is 10.2. The smallest absolute Gasteiger partial charge is 0.144 e. The van der Waals surface area contributed by atoms with E-state index in [9.17, 15) is 0 Å². The molecule has 3 rings (SSSR count). The fourth-order valence-electron chi connectivity index (χ4n) is 1.96. The molecule has 0 aromatic carbocycles. The average Bonchev–Trinajstić information content (AvgIpc) is 2.82. The fourth-order valence-corrected chi connectivity index (χ4v) is 1.96. The first-order chi connectivity index (χ1) is 8.78. The van der Waals surface area contributed by atoms with Gasteiger partial charge in [-0.3, -0.25) is 9.55 Å². The third-order valence-corrected chi connectivity index (χ3v) is 2.96. The fraction of sp³-hybridized carbons (Fsp3) is 0.0667. The SMILES string of the molecule is C=Cc1cnc2c(ccn2-c2ccc(C)nc2)c1. The van der Waals surface area contributed by atoms with E-state index in [0.29, 0.717) is 0 Å². The first-order valence-electron chi connectivity index (χ1n) is 5.80. The van der Waals surface area contributed by atoms with Crippen LogP contribution in [0.3, 0.4) is 0 Å². The number of hydrogen-bond donors (Lipinski definition) is 0. The highest BCUT2D eigenvalue weighted by molar-refractivity contribution is 5.80. The summed E-state index contributed by atoms with van der Waals surface area (Å²) >= 11 is 0. The molecule has 0 spiro atoms. The molecule has 3 nitrogen and oxygen atoms in total. The van der Waals surface area contributed by atoms with Crippen molar-refractivity contribution in [2.75, 3.05) is 0 Å². The molecule has 3 heteroatoms. The summed E-state index contributed by atoms with van der Waals surface area (Å²) in [5.41, 5.74) is 4.00. The molecule has 3 aromatic rings. The summed E-state index contributed by atoms with van der Waals surface area (Å²) in [7, 11) is 0. The van der Waals surface area contributed by atoms with Crippen LogP contribution in [0.25, 0.3) is 22.8 Å². The van der Waals surface area contributed by atoms with Crippen molar-refractivity contribution >= 4 is 17.1 Å². The number of aromatic nitrogens is 3. The molecule has 0 radical (unpaired) electrons. The highest BCUT2D eigenvalue weighted by Crippen LogP contribution is 2.19. The van der Waals surface area contributed by atoms with Crippen LogP contribution in [0, 0.1) is 6.92 Å². The van der Waals surface area contributed by atoms with Gasteiger partial charge in [0, 0.05) is 23.5 Å². The van der Waals surface area contributed by atoms with Crippen molar-refractivity contribution < 1.29 is 0 Å². The normalized spacial score (nSPS) is 10.7. The number of hydrogen-bond acceptors (Lipinski definition) is 2. The van der Waals surface area contributed by atoms with Crippen molar-refractivity contribution in [1.29, 1.82) is 0 Å². The second kappa shape index (κ2) is 4.11. The molecule has 88 valence electrons. The predicted octanol–water partition coefficient (Wildman–Crippen LogP) is 3.37. The van der Waals surface area contributed by atoms with Gasteiger partial charge in [0.25, 0.3) is 0 Å². The molecule has 0 N–H and O–H groups in total. The minimum absolute atomic E-state index is 0.936. The maximum Gasteiger partial charge on any atom is 0.144 e. The van der Waals surface area contributed by atoms with Crippen LogP contribution in [0.5, 0.6) is 0 Å². The Morgan fingerprint density at radius 1 is 1.17 bits per heavy atom. The van der Waals surface area contributed by atoms with Crippen LogP contribution >= 0.6 is 0 Å². The van der Waals surface area contributed by atoms with E-state index >= 15 is 0 Å². The summed E-state index contributed by atoms with van der Waals surface area (Å²) < 4.78 is 2.04. The van der Waals surface area contributed by atoms with Gasteiger partial charge >= 0.3 is 0 Å². The molecule has 0 aliphatic heterocycles. The van der Waals surface area contributed by atoms with Crippen LogP contribution in [0.4, 0.5) is 0 Å². The number of fused-ring (bicyclic) bond motifs is 1. The Morgan fingerprint density at radius 2 is 2.06 bits per heavy atom. The molecule has 0 unspecified atom stereocenters. The van der Waals surface area contributed by atoms with Crippen molar-refractivity contribution in [3.8, 4) is 5.69 Å². The summed E-state index contributed by atoms with van der Waals surface area (Å²) in [4.78, 5) is 8.79. The number of aryl methyl sites for hydroxylation is 1. The number of pyridine rings is 2. The van der Waals surface area contributed by atoms with Gasteiger partial charge in [0.15, 0.2) is 0 Å². The lowest BCUT2D eigenvalue weighted by molar-refractivity contribution is 1.06. The standard InChI is InChI=1S/C15H13N3/c1-3-12-8-13-6-7-18(15(13)17-9-12)14-5-4-11(2)16-10-14/h3-10H,1H2,2H3. The van der Waals surface area contributed by atoms with E-state index in [-0.39, 0.29) is 0 Å². The molecule has 0 fully saturated rings.